The smallest absolute Gasteiger partial charge is 0.307 e. The van der Waals surface area contributed by atoms with E-state index in [1.54, 1.807) is 0 Å². The largest absolute Gasteiger partial charge is 0.481 e. The van der Waals surface area contributed by atoms with Crippen LogP contribution >= 0.6 is 0 Å². The Labute approximate surface area is 89.3 Å². The van der Waals surface area contributed by atoms with Crippen LogP contribution in [0.4, 0.5) is 5.69 Å². The Bertz CT molecular complexity index is 401. The summed E-state index contributed by atoms with van der Waals surface area (Å²) in [6.07, 6.45) is 1.08. The van der Waals surface area contributed by atoms with Gasteiger partial charge < -0.3 is 10.0 Å². The van der Waals surface area contributed by atoms with Gasteiger partial charge in [0.15, 0.2) is 0 Å². The Kier molecular flexibility index (Phi) is 2.39. The summed E-state index contributed by atoms with van der Waals surface area (Å²) in [5.41, 5.74) is 3.34. The van der Waals surface area contributed by atoms with Crippen LogP contribution in [-0.4, -0.2) is 24.2 Å². The van der Waals surface area contributed by atoms with Crippen LogP contribution in [0.5, 0.6) is 0 Å². The van der Waals surface area contributed by atoms with E-state index in [1.807, 2.05) is 12.1 Å². The summed E-state index contributed by atoms with van der Waals surface area (Å²) in [6, 6.07) is 6.38. The monoisotopic (exact) mass is 205 g/mol. The molecular formula is C12H15NO2. The van der Waals surface area contributed by atoms with E-state index in [2.05, 4.69) is 24.9 Å². The van der Waals surface area contributed by atoms with Gasteiger partial charge in [-0.25, -0.2) is 0 Å². The fourth-order valence-electron chi connectivity index (χ4n) is 2.19. The lowest BCUT2D eigenvalue weighted by Crippen LogP contribution is -2.23. The highest BCUT2D eigenvalue weighted by atomic mass is 16.4. The van der Waals surface area contributed by atoms with E-state index < -0.39 is 5.97 Å². The molecular weight excluding hydrogens is 190 g/mol. The molecule has 1 atom stereocenters. The number of carboxylic acid groups (broad SMARTS) is 1. The maximum absolute atomic E-state index is 10.7. The van der Waals surface area contributed by atoms with Crippen molar-refractivity contribution in [2.24, 2.45) is 0 Å². The molecule has 80 valence electrons. The number of carboxylic acids is 1. The van der Waals surface area contributed by atoms with Gasteiger partial charge in [0, 0.05) is 18.8 Å². The highest BCUT2D eigenvalue weighted by molar-refractivity contribution is 5.73. The summed E-state index contributed by atoms with van der Waals surface area (Å²) >= 11 is 0. The van der Waals surface area contributed by atoms with E-state index >= 15 is 0 Å². The molecule has 0 fully saturated rings. The zero-order chi connectivity index (χ0) is 11.0. The Morgan fingerprint density at radius 1 is 1.60 bits per heavy atom. The molecule has 1 aromatic rings. The zero-order valence-electron chi connectivity index (χ0n) is 9.03. The summed E-state index contributed by atoms with van der Waals surface area (Å²) in [6.45, 7) is 2.16. The van der Waals surface area contributed by atoms with Crippen molar-refractivity contribution in [2.45, 2.75) is 25.8 Å². The second kappa shape index (κ2) is 3.57. The summed E-state index contributed by atoms with van der Waals surface area (Å²) in [4.78, 5) is 12.9. The molecule has 1 heterocycles. The second-order valence-corrected chi connectivity index (χ2v) is 4.15. The van der Waals surface area contributed by atoms with E-state index in [9.17, 15) is 4.79 Å². The van der Waals surface area contributed by atoms with Crippen molar-refractivity contribution in [3.8, 4) is 0 Å². The van der Waals surface area contributed by atoms with Gasteiger partial charge in [0.2, 0.25) is 0 Å². The number of benzene rings is 1. The first kappa shape index (κ1) is 10.0. The Balaban J connectivity index is 2.40. The number of fused-ring (bicyclic) bond motifs is 1. The van der Waals surface area contributed by atoms with Gasteiger partial charge in [-0.05, 0) is 30.5 Å². The molecule has 2 rings (SSSR count). The molecule has 1 aliphatic heterocycles. The van der Waals surface area contributed by atoms with Crippen molar-refractivity contribution in [1.82, 2.24) is 0 Å². The topological polar surface area (TPSA) is 40.5 Å². The highest BCUT2D eigenvalue weighted by Gasteiger charge is 2.25. The summed E-state index contributed by atoms with van der Waals surface area (Å²) in [5, 5.41) is 8.82. The molecule has 0 radical (unpaired) electrons. The lowest BCUT2D eigenvalue weighted by molar-refractivity contribution is -0.136. The average Bonchev–Trinajstić information content (AvgIpc) is 2.45. The standard InChI is InChI=1S/C12H15NO2/c1-8-6-10-9(7-12(14)15)4-3-5-11(10)13(8)2/h3-5,8H,6-7H2,1-2H3,(H,14,15). The molecule has 0 saturated heterocycles. The molecule has 0 aliphatic carbocycles. The minimum Gasteiger partial charge on any atom is -0.481 e. The lowest BCUT2D eigenvalue weighted by atomic mass is 10.0. The number of aliphatic carboxylic acids is 1. The summed E-state index contributed by atoms with van der Waals surface area (Å²) in [5.74, 6) is -0.759. The van der Waals surface area contributed by atoms with Crippen LogP contribution < -0.4 is 4.90 Å². The van der Waals surface area contributed by atoms with E-state index in [1.165, 1.54) is 11.3 Å². The number of hydrogen-bond donors (Lipinski definition) is 1. The predicted octanol–water partition coefficient (Wildman–Crippen LogP) is 1.69. The fraction of sp³-hybridized carbons (Fsp3) is 0.417. The molecule has 0 spiro atoms. The molecule has 1 unspecified atom stereocenters. The second-order valence-electron chi connectivity index (χ2n) is 4.15. The van der Waals surface area contributed by atoms with Crippen molar-refractivity contribution in [1.29, 1.82) is 0 Å². The molecule has 15 heavy (non-hydrogen) atoms. The molecule has 1 N–H and O–H groups in total. The predicted molar refractivity (Wildman–Crippen MR) is 59.4 cm³/mol. The minimum atomic E-state index is -0.759. The van der Waals surface area contributed by atoms with Crippen molar-refractivity contribution < 1.29 is 9.90 Å². The summed E-state index contributed by atoms with van der Waals surface area (Å²) in [7, 11) is 2.06. The number of carbonyl (C=O) groups is 1. The van der Waals surface area contributed by atoms with E-state index in [-0.39, 0.29) is 6.42 Å². The van der Waals surface area contributed by atoms with Crippen molar-refractivity contribution in [3.05, 3.63) is 29.3 Å². The zero-order valence-corrected chi connectivity index (χ0v) is 9.03. The van der Waals surface area contributed by atoms with Crippen molar-refractivity contribution in [2.75, 3.05) is 11.9 Å². The van der Waals surface area contributed by atoms with Crippen molar-refractivity contribution in [3.63, 3.8) is 0 Å². The Hall–Kier alpha value is -1.51. The third-order valence-electron chi connectivity index (χ3n) is 3.13. The first-order valence-electron chi connectivity index (χ1n) is 5.15. The van der Waals surface area contributed by atoms with Gasteiger partial charge >= 0.3 is 5.97 Å². The van der Waals surface area contributed by atoms with Gasteiger partial charge in [-0.2, -0.15) is 0 Å². The van der Waals surface area contributed by atoms with Crippen LogP contribution in [0.2, 0.25) is 0 Å². The normalized spacial score (nSPS) is 19.1. The first-order chi connectivity index (χ1) is 7.09. The number of hydrogen-bond acceptors (Lipinski definition) is 2. The molecule has 1 aromatic carbocycles. The summed E-state index contributed by atoms with van der Waals surface area (Å²) < 4.78 is 0. The average molecular weight is 205 g/mol. The fourth-order valence-corrected chi connectivity index (χ4v) is 2.19. The molecule has 0 bridgehead atoms. The Morgan fingerprint density at radius 3 is 3.00 bits per heavy atom. The minimum absolute atomic E-state index is 0.129. The van der Waals surface area contributed by atoms with Gasteiger partial charge in [0.05, 0.1) is 6.42 Å². The van der Waals surface area contributed by atoms with Crippen molar-refractivity contribution >= 4 is 11.7 Å². The van der Waals surface area contributed by atoms with Crippen LogP contribution in [0.25, 0.3) is 0 Å². The third-order valence-corrected chi connectivity index (χ3v) is 3.13. The quantitative estimate of drug-likeness (QED) is 0.798. The van der Waals surface area contributed by atoms with E-state index in [0.717, 1.165) is 12.0 Å². The number of rotatable bonds is 2. The number of anilines is 1. The molecule has 3 heteroatoms. The van der Waals surface area contributed by atoms with Gasteiger partial charge in [-0.1, -0.05) is 12.1 Å². The van der Waals surface area contributed by atoms with E-state index in [0.29, 0.717) is 6.04 Å². The van der Waals surface area contributed by atoms with Crippen LogP contribution in [0, 0.1) is 0 Å². The molecule has 0 aromatic heterocycles. The molecule has 1 aliphatic rings. The maximum Gasteiger partial charge on any atom is 0.307 e. The number of likely N-dealkylation sites (N-methyl/N-ethyl adjacent to an activating group) is 1. The van der Waals surface area contributed by atoms with Crippen LogP contribution in [-0.2, 0) is 17.6 Å². The SMILES string of the molecule is CC1Cc2c(CC(=O)O)cccc2N1C. The Morgan fingerprint density at radius 2 is 2.33 bits per heavy atom. The molecule has 0 amide bonds. The number of nitrogens with zero attached hydrogens (tertiary/aromatic N) is 1. The van der Waals surface area contributed by atoms with Crippen LogP contribution in [0.1, 0.15) is 18.1 Å². The maximum atomic E-state index is 10.7. The lowest BCUT2D eigenvalue weighted by Gasteiger charge is -2.18. The molecule has 3 nitrogen and oxygen atoms in total. The first-order valence-corrected chi connectivity index (χ1v) is 5.15. The molecule has 0 saturated carbocycles. The highest BCUT2D eigenvalue weighted by Crippen LogP contribution is 2.33. The third kappa shape index (κ3) is 1.69. The van der Waals surface area contributed by atoms with Gasteiger partial charge in [-0.3, -0.25) is 4.79 Å². The van der Waals surface area contributed by atoms with Crippen LogP contribution in [0.3, 0.4) is 0 Å². The van der Waals surface area contributed by atoms with Gasteiger partial charge in [-0.15, -0.1) is 0 Å². The van der Waals surface area contributed by atoms with E-state index in [4.69, 9.17) is 5.11 Å². The van der Waals surface area contributed by atoms with Crippen LogP contribution in [0.15, 0.2) is 18.2 Å². The van der Waals surface area contributed by atoms with Gasteiger partial charge in [0.1, 0.15) is 0 Å². The van der Waals surface area contributed by atoms with Gasteiger partial charge in [0.25, 0.3) is 0 Å².